The van der Waals surface area contributed by atoms with Gasteiger partial charge in [-0.05, 0) is 67.1 Å². The molecule has 0 saturated heterocycles. The number of hydrogen-bond donors (Lipinski definition) is 2. The lowest BCUT2D eigenvalue weighted by atomic mass is 10.0. The molecular weight excluding hydrogens is 406 g/mol. The van der Waals surface area contributed by atoms with Crippen LogP contribution in [0.1, 0.15) is 44.7 Å². The minimum Gasteiger partial charge on any atom is -0.494 e. The number of carbonyl (C=O) groups is 2. The van der Waals surface area contributed by atoms with Crippen molar-refractivity contribution in [1.82, 2.24) is 10.7 Å². The van der Waals surface area contributed by atoms with E-state index in [9.17, 15) is 9.59 Å². The molecule has 0 unspecified atom stereocenters. The highest BCUT2D eigenvalue weighted by molar-refractivity contribution is 5.89. The van der Waals surface area contributed by atoms with Crippen molar-refractivity contribution in [3.63, 3.8) is 0 Å². The van der Waals surface area contributed by atoms with E-state index in [1.807, 2.05) is 63.2 Å². The van der Waals surface area contributed by atoms with Crippen molar-refractivity contribution in [2.24, 2.45) is 11.0 Å². The number of nitrogens with zero attached hydrogens (tertiary/aromatic N) is 1. The quantitative estimate of drug-likeness (QED) is 0.388. The van der Waals surface area contributed by atoms with Gasteiger partial charge in [-0.25, -0.2) is 5.43 Å². The van der Waals surface area contributed by atoms with Crippen LogP contribution in [0.2, 0.25) is 0 Å². The largest absolute Gasteiger partial charge is 0.494 e. The Kier molecular flexibility index (Phi) is 10.2. The number of aryl methyl sites for hydroxylation is 1. The maximum atomic E-state index is 12.6. The Morgan fingerprint density at radius 2 is 1.78 bits per heavy atom. The number of carbonyl (C=O) groups excluding carboxylic acids is 2. The number of nitrogens with one attached hydrogen (secondary N) is 2. The molecule has 0 radical (unpaired) electrons. The molecule has 2 aromatic carbocycles. The number of benzene rings is 2. The van der Waals surface area contributed by atoms with Gasteiger partial charge in [0.1, 0.15) is 17.5 Å². The lowest BCUT2D eigenvalue weighted by Gasteiger charge is -2.19. The average molecular weight is 440 g/mol. The highest BCUT2D eigenvalue weighted by Crippen LogP contribution is 2.16. The normalized spacial score (nSPS) is 11.9. The van der Waals surface area contributed by atoms with Crippen LogP contribution < -0.4 is 20.2 Å². The fourth-order valence-electron chi connectivity index (χ4n) is 2.92. The molecule has 172 valence electrons. The molecule has 7 nitrogen and oxygen atoms in total. The smallest absolute Gasteiger partial charge is 0.262 e. The number of ether oxygens (including phenoxy) is 2. The lowest BCUT2D eigenvalue weighted by molar-refractivity contribution is -0.130. The van der Waals surface area contributed by atoms with Crippen LogP contribution in [0.15, 0.2) is 53.6 Å². The first-order chi connectivity index (χ1) is 15.4. The maximum absolute atomic E-state index is 12.6. The molecule has 7 heteroatoms. The van der Waals surface area contributed by atoms with Crippen molar-refractivity contribution in [3.05, 3.63) is 59.7 Å². The van der Waals surface area contributed by atoms with Gasteiger partial charge < -0.3 is 14.8 Å². The average Bonchev–Trinajstić information content (AvgIpc) is 2.77. The fraction of sp³-hybridized carbons (Fsp3) is 0.400. The zero-order chi connectivity index (χ0) is 23.3. The lowest BCUT2D eigenvalue weighted by Crippen LogP contribution is -2.47. The first-order valence-electron chi connectivity index (χ1n) is 10.9. The summed E-state index contributed by atoms with van der Waals surface area (Å²) in [4.78, 5) is 25.0. The van der Waals surface area contributed by atoms with Crippen molar-refractivity contribution in [2.45, 2.75) is 46.6 Å². The summed E-state index contributed by atoms with van der Waals surface area (Å²) >= 11 is 0. The van der Waals surface area contributed by atoms with Gasteiger partial charge in [0.25, 0.3) is 11.8 Å². The van der Waals surface area contributed by atoms with E-state index in [1.54, 1.807) is 12.3 Å². The van der Waals surface area contributed by atoms with Crippen LogP contribution in [0.4, 0.5) is 0 Å². The zero-order valence-corrected chi connectivity index (χ0v) is 19.3. The monoisotopic (exact) mass is 439 g/mol. The Bertz CT molecular complexity index is 894. The third kappa shape index (κ3) is 8.79. The van der Waals surface area contributed by atoms with Gasteiger partial charge in [-0.2, -0.15) is 5.10 Å². The van der Waals surface area contributed by atoms with E-state index in [2.05, 4.69) is 22.8 Å². The SMILES string of the molecule is CCCOc1ccc(/C=N\NC(=O)[C@@H](CC(C)C)NC(=O)COc2ccccc2C)cc1. The number of rotatable bonds is 12. The summed E-state index contributed by atoms with van der Waals surface area (Å²) in [5, 5.41) is 6.77. The second-order valence-electron chi connectivity index (χ2n) is 7.96. The molecule has 1 atom stereocenters. The molecular formula is C25H33N3O4. The Hall–Kier alpha value is -3.35. The minimum absolute atomic E-state index is 0.164. The van der Waals surface area contributed by atoms with E-state index in [1.165, 1.54) is 0 Å². The first kappa shape index (κ1) is 24.9. The van der Waals surface area contributed by atoms with Crippen LogP contribution in [0.3, 0.4) is 0 Å². The van der Waals surface area contributed by atoms with Gasteiger partial charge in [0.05, 0.1) is 12.8 Å². The van der Waals surface area contributed by atoms with E-state index >= 15 is 0 Å². The van der Waals surface area contributed by atoms with Crippen molar-refractivity contribution >= 4 is 18.0 Å². The maximum Gasteiger partial charge on any atom is 0.262 e. The van der Waals surface area contributed by atoms with Crippen molar-refractivity contribution in [3.8, 4) is 11.5 Å². The van der Waals surface area contributed by atoms with Gasteiger partial charge in [-0.1, -0.05) is 39.0 Å². The molecule has 0 spiro atoms. The standard InChI is InChI=1S/C25H33N3O4/c1-5-14-31-21-12-10-20(11-13-21)16-26-28-25(30)22(15-18(2)3)27-24(29)17-32-23-9-7-6-8-19(23)4/h6-13,16,18,22H,5,14-15,17H2,1-4H3,(H,27,29)(H,28,30)/b26-16-/t22-/m1/s1. The molecule has 2 N–H and O–H groups in total. The number of para-hydroxylation sites is 1. The number of amides is 2. The summed E-state index contributed by atoms with van der Waals surface area (Å²) in [5.41, 5.74) is 4.28. The van der Waals surface area contributed by atoms with Crippen LogP contribution in [0, 0.1) is 12.8 Å². The topological polar surface area (TPSA) is 89.0 Å². The van der Waals surface area contributed by atoms with E-state index < -0.39 is 6.04 Å². The Balaban J connectivity index is 1.88. The van der Waals surface area contributed by atoms with Crippen molar-refractivity contribution in [2.75, 3.05) is 13.2 Å². The molecule has 2 rings (SSSR count). The predicted molar refractivity (Wildman–Crippen MR) is 126 cm³/mol. The molecule has 0 heterocycles. The van der Waals surface area contributed by atoms with Crippen LogP contribution >= 0.6 is 0 Å². The summed E-state index contributed by atoms with van der Waals surface area (Å²) in [6, 6.07) is 14.2. The van der Waals surface area contributed by atoms with Gasteiger partial charge in [0.15, 0.2) is 6.61 Å². The van der Waals surface area contributed by atoms with E-state index in [0.29, 0.717) is 18.8 Å². The molecule has 0 fully saturated rings. The Morgan fingerprint density at radius 3 is 2.44 bits per heavy atom. The minimum atomic E-state index is -0.704. The van der Waals surface area contributed by atoms with Gasteiger partial charge >= 0.3 is 0 Å². The number of hydrogen-bond acceptors (Lipinski definition) is 5. The Labute approximate surface area is 190 Å². The third-order valence-electron chi connectivity index (χ3n) is 4.55. The zero-order valence-electron chi connectivity index (χ0n) is 19.3. The van der Waals surface area contributed by atoms with Gasteiger partial charge in [0, 0.05) is 0 Å². The fourth-order valence-corrected chi connectivity index (χ4v) is 2.92. The van der Waals surface area contributed by atoms with E-state index in [0.717, 1.165) is 23.3 Å². The summed E-state index contributed by atoms with van der Waals surface area (Å²) in [6.07, 6.45) is 2.99. The van der Waals surface area contributed by atoms with Gasteiger partial charge in [-0.3, -0.25) is 9.59 Å². The molecule has 0 aliphatic rings. The molecule has 2 amide bonds. The first-order valence-corrected chi connectivity index (χ1v) is 10.9. The van der Waals surface area contributed by atoms with Crippen molar-refractivity contribution < 1.29 is 19.1 Å². The molecule has 0 saturated carbocycles. The molecule has 0 aliphatic carbocycles. The van der Waals surface area contributed by atoms with Crippen LogP contribution in [-0.2, 0) is 9.59 Å². The molecule has 0 bridgehead atoms. The highest BCUT2D eigenvalue weighted by Gasteiger charge is 2.22. The molecule has 2 aromatic rings. The van der Waals surface area contributed by atoms with Crippen molar-refractivity contribution in [1.29, 1.82) is 0 Å². The highest BCUT2D eigenvalue weighted by atomic mass is 16.5. The van der Waals surface area contributed by atoms with Gasteiger partial charge in [-0.15, -0.1) is 0 Å². The van der Waals surface area contributed by atoms with Crippen LogP contribution in [0.25, 0.3) is 0 Å². The summed E-state index contributed by atoms with van der Waals surface area (Å²) in [5.74, 6) is 0.912. The molecule has 0 aromatic heterocycles. The number of hydrazone groups is 1. The van der Waals surface area contributed by atoms with Gasteiger partial charge in [0.2, 0.25) is 0 Å². The van der Waals surface area contributed by atoms with Crippen LogP contribution in [-0.4, -0.2) is 37.3 Å². The Morgan fingerprint density at radius 1 is 1.06 bits per heavy atom. The second-order valence-corrected chi connectivity index (χ2v) is 7.96. The van der Waals surface area contributed by atoms with E-state index in [-0.39, 0.29) is 24.3 Å². The molecule has 32 heavy (non-hydrogen) atoms. The summed E-state index contributed by atoms with van der Waals surface area (Å²) in [7, 11) is 0. The van der Waals surface area contributed by atoms with Crippen LogP contribution in [0.5, 0.6) is 11.5 Å². The summed E-state index contributed by atoms with van der Waals surface area (Å²) in [6.45, 7) is 8.44. The summed E-state index contributed by atoms with van der Waals surface area (Å²) < 4.78 is 11.1. The predicted octanol–water partition coefficient (Wildman–Crippen LogP) is 3.84. The second kappa shape index (κ2) is 13.1. The molecule has 0 aliphatic heterocycles. The van der Waals surface area contributed by atoms with E-state index in [4.69, 9.17) is 9.47 Å². The third-order valence-corrected chi connectivity index (χ3v) is 4.55.